The fourth-order valence-corrected chi connectivity index (χ4v) is 5.08. The van der Waals surface area contributed by atoms with Crippen molar-refractivity contribution >= 4 is 57.1 Å². The molecule has 16 nitrogen and oxygen atoms in total. The summed E-state index contributed by atoms with van der Waals surface area (Å²) in [6.07, 6.45) is 6.98. The van der Waals surface area contributed by atoms with E-state index in [1.807, 2.05) is 68.3 Å². The molecular formula is C38H38Br2N8O8. The zero-order valence-corrected chi connectivity index (χ0v) is 34.4. The highest BCUT2D eigenvalue weighted by Gasteiger charge is 2.31. The van der Waals surface area contributed by atoms with Gasteiger partial charge in [-0.25, -0.2) is 9.59 Å². The molecule has 292 valence electrons. The van der Waals surface area contributed by atoms with Gasteiger partial charge in [-0.1, -0.05) is 28.5 Å². The summed E-state index contributed by atoms with van der Waals surface area (Å²) in [5, 5.41) is 12.6. The molecule has 5 aromatic rings. The van der Waals surface area contributed by atoms with Crippen LogP contribution in [0.15, 0.2) is 123 Å². The molecule has 0 bridgehead atoms. The number of hydrogen-bond donors (Lipinski definition) is 0. The molecule has 0 unspecified atom stereocenters. The molecule has 1 aliphatic heterocycles. The average Bonchev–Trinajstić information content (AvgIpc) is 3.59. The first-order valence-electron chi connectivity index (χ1n) is 16.5. The van der Waals surface area contributed by atoms with Gasteiger partial charge in [0.25, 0.3) is 0 Å². The molecule has 0 saturated carbocycles. The first-order chi connectivity index (χ1) is 25.9. The van der Waals surface area contributed by atoms with Gasteiger partial charge in [0.05, 0.1) is 18.5 Å². The van der Waals surface area contributed by atoms with E-state index < -0.39 is 34.1 Å². The minimum Gasteiger partial charge on any atom is -1.00 e. The van der Waals surface area contributed by atoms with E-state index in [-0.39, 0.29) is 63.5 Å². The van der Waals surface area contributed by atoms with Gasteiger partial charge >= 0.3 is 17.8 Å². The Morgan fingerprint density at radius 3 is 1.71 bits per heavy atom. The zero-order valence-electron chi connectivity index (χ0n) is 31.3. The molecule has 3 aromatic carbocycles. The van der Waals surface area contributed by atoms with Crippen LogP contribution < -0.4 is 78.9 Å². The van der Waals surface area contributed by atoms with Crippen LogP contribution in [0.25, 0.3) is 10.8 Å². The number of amides is 1. The Balaban J connectivity index is 0.000000290. The second-order valence-corrected chi connectivity index (χ2v) is 12.3. The van der Waals surface area contributed by atoms with Crippen LogP contribution in [-0.4, -0.2) is 64.6 Å². The highest BCUT2D eigenvalue weighted by molar-refractivity contribution is 6.71. The van der Waals surface area contributed by atoms with Crippen LogP contribution in [0.3, 0.4) is 0 Å². The summed E-state index contributed by atoms with van der Waals surface area (Å²) in [5.41, 5.74) is 1.85. The second kappa shape index (κ2) is 20.0. The lowest BCUT2D eigenvalue weighted by molar-refractivity contribution is -0.686. The van der Waals surface area contributed by atoms with Crippen molar-refractivity contribution in [2.24, 2.45) is 15.4 Å². The van der Waals surface area contributed by atoms with E-state index in [0.717, 1.165) is 11.4 Å². The molecule has 2 aromatic heterocycles. The number of halogens is 2. The van der Waals surface area contributed by atoms with Crippen LogP contribution >= 0.6 is 0 Å². The molecule has 0 spiro atoms. The Kier molecular flexibility index (Phi) is 15.8. The number of methoxy groups -OCH3 is 1. The van der Waals surface area contributed by atoms with Gasteiger partial charge in [-0.15, -0.1) is 0 Å². The summed E-state index contributed by atoms with van der Waals surface area (Å²) in [7, 11) is 9.15. The Bertz CT molecular complexity index is 2400. The number of ether oxygens (including phenoxy) is 1. The van der Waals surface area contributed by atoms with E-state index in [4.69, 9.17) is 14.4 Å². The summed E-state index contributed by atoms with van der Waals surface area (Å²) >= 11 is 0. The number of rotatable bonds is 10. The maximum absolute atomic E-state index is 12.5. The molecule has 6 rings (SSSR count). The number of anilines is 3. The molecule has 0 aliphatic carbocycles. The summed E-state index contributed by atoms with van der Waals surface area (Å²) < 4.78 is 8.33. The van der Waals surface area contributed by atoms with Gasteiger partial charge in [-0.05, 0) is 37.3 Å². The molecule has 1 aliphatic rings. The third-order valence-electron chi connectivity index (χ3n) is 8.02. The van der Waals surface area contributed by atoms with Crippen LogP contribution in [0.2, 0.25) is 0 Å². The van der Waals surface area contributed by atoms with Gasteiger partial charge in [0.1, 0.15) is 5.75 Å². The highest BCUT2D eigenvalue weighted by Crippen LogP contribution is 2.19. The average molecular weight is 895 g/mol. The zero-order chi connectivity index (χ0) is 38.9. The Hall–Kier alpha value is -6.14. The number of nitrogens with zero attached hydrogens (tertiary/aromatic N) is 8. The number of hydrazone groups is 1. The second-order valence-electron chi connectivity index (χ2n) is 12.3. The number of fused-ring (bicyclic) bond motifs is 1. The number of hydrogen-bond acceptors (Lipinski definition) is 13. The van der Waals surface area contributed by atoms with Crippen molar-refractivity contribution in [2.75, 3.05) is 50.1 Å². The number of carbonyl (C=O) groups is 3. The molecule has 56 heavy (non-hydrogen) atoms. The number of benzene rings is 2. The van der Waals surface area contributed by atoms with Crippen LogP contribution in [-0.2, 0) is 37.1 Å². The number of para-hydroxylation sites is 1. The fourth-order valence-electron chi connectivity index (χ4n) is 5.08. The number of carbonyl (C=O) groups excluding carboxylic acids is 3. The van der Waals surface area contributed by atoms with E-state index in [1.165, 1.54) is 24.3 Å². The highest BCUT2D eigenvalue weighted by atomic mass is 79.9. The van der Waals surface area contributed by atoms with Crippen molar-refractivity contribution in [2.45, 2.75) is 20.0 Å². The first-order valence-corrected chi connectivity index (χ1v) is 16.5. The van der Waals surface area contributed by atoms with E-state index in [9.17, 15) is 24.0 Å². The van der Waals surface area contributed by atoms with Crippen molar-refractivity contribution in [1.29, 1.82) is 0 Å². The number of oxime groups is 1. The minimum atomic E-state index is -0.695. The van der Waals surface area contributed by atoms with Gasteiger partial charge in [0, 0.05) is 74.6 Å². The van der Waals surface area contributed by atoms with Crippen molar-refractivity contribution in [3.63, 3.8) is 0 Å². The van der Waals surface area contributed by atoms with Crippen molar-refractivity contribution in [1.82, 2.24) is 0 Å². The van der Waals surface area contributed by atoms with Gasteiger partial charge in [-0.2, -0.15) is 19.2 Å². The largest absolute Gasteiger partial charge is 1.00 e. The number of pyridine rings is 2. The van der Waals surface area contributed by atoms with E-state index in [2.05, 4.69) is 15.4 Å². The summed E-state index contributed by atoms with van der Waals surface area (Å²) in [4.78, 5) is 74.7. The predicted octanol–water partition coefficient (Wildman–Crippen LogP) is -4.77. The van der Waals surface area contributed by atoms with Crippen molar-refractivity contribution in [3.8, 4) is 5.75 Å². The molecule has 0 N–H and O–H groups in total. The van der Waals surface area contributed by atoms with Crippen LogP contribution in [0.1, 0.15) is 6.92 Å². The molecular weight excluding hydrogens is 856 g/mol. The molecule has 18 heteroatoms. The molecule has 3 heterocycles. The Labute approximate surface area is 342 Å². The quantitative estimate of drug-likeness (QED) is 0.0755. The first kappa shape index (κ1) is 44.3. The molecule has 1 amide bonds. The maximum atomic E-state index is 12.5. The maximum Gasteiger partial charge on any atom is 0.399 e. The molecule has 0 radical (unpaired) electrons. The number of aromatic nitrogens is 2. The summed E-state index contributed by atoms with van der Waals surface area (Å²) in [6.45, 7) is 1.52. The lowest BCUT2D eigenvalue weighted by atomic mass is 10.2. The lowest BCUT2D eigenvalue weighted by Crippen LogP contribution is -3.00. The van der Waals surface area contributed by atoms with Crippen LogP contribution in [0.4, 0.5) is 17.1 Å². The van der Waals surface area contributed by atoms with Crippen LogP contribution in [0, 0.1) is 0 Å². The van der Waals surface area contributed by atoms with Crippen molar-refractivity contribution in [3.05, 3.63) is 123 Å². The van der Waals surface area contributed by atoms with Crippen LogP contribution in [0.5, 0.6) is 5.75 Å². The van der Waals surface area contributed by atoms with E-state index >= 15 is 0 Å². The predicted molar refractivity (Wildman–Crippen MR) is 200 cm³/mol. The Morgan fingerprint density at radius 2 is 1.21 bits per heavy atom. The molecule has 0 saturated heterocycles. The van der Waals surface area contributed by atoms with E-state index in [0.29, 0.717) is 17.1 Å². The van der Waals surface area contributed by atoms with Gasteiger partial charge in [0.15, 0.2) is 35.9 Å². The summed E-state index contributed by atoms with van der Waals surface area (Å²) in [6, 6.07) is 21.0. The van der Waals surface area contributed by atoms with Gasteiger partial charge < -0.3 is 58.2 Å². The lowest BCUT2D eigenvalue weighted by Gasteiger charge is -2.10. The molecule has 0 fully saturated rings. The van der Waals surface area contributed by atoms with Crippen molar-refractivity contribution < 1.29 is 71.9 Å². The smallest absolute Gasteiger partial charge is 0.399 e. The van der Waals surface area contributed by atoms with Gasteiger partial charge in [0.2, 0.25) is 23.9 Å². The fraction of sp³-hybridized carbons (Fsp3) is 0.211. The Morgan fingerprint density at radius 1 is 0.714 bits per heavy atom. The minimum absolute atomic E-state index is 0. The normalized spacial score (nSPS) is 12.9. The summed E-state index contributed by atoms with van der Waals surface area (Å²) in [5.74, 6) is -1.26. The van der Waals surface area contributed by atoms with Gasteiger partial charge in [-0.3, -0.25) is 14.4 Å². The third kappa shape index (κ3) is 10.8. The third-order valence-corrected chi connectivity index (χ3v) is 8.02. The molecule has 0 atom stereocenters. The topological polar surface area (TPSA) is 168 Å². The van der Waals surface area contributed by atoms with E-state index in [1.54, 1.807) is 71.2 Å². The SMILES string of the molecule is CC1=NN(c2ccccc2)C(=O)/C1=N/OC(=O)C[n+]1ccc(N(C)C)cc1.COc1ccc2c(=O)/c(=N\OC(=O)C[n+]3ccc(N(C)C)cc3)c(=O)c2c1.[Br-].[Br-]. The standard InChI is InChI=1S/C19H20N5O3.C19H18N3O5.2BrH/c1-14-18(19(26)24(20-14)16-7-5-4-6-8-16)21-27-17(25)13-23-11-9-15(10-12-23)22(2)3;1-21(2)12-6-8-22(9-7-12)11-16(23)27-20-17-18(24)14-5-4-13(26-3)10-15(14)19(17)25;;/h4-12H,13H2,1-3H3;4-10H,11H2,1-3H3;2*1H/q2*+1;;/p-2/b21-18+;20-17+;;. The monoisotopic (exact) mass is 892 g/mol.